The van der Waals surface area contributed by atoms with Crippen molar-refractivity contribution >= 4 is 21.6 Å². The lowest BCUT2D eigenvalue weighted by Gasteiger charge is -2.29. The van der Waals surface area contributed by atoms with Gasteiger partial charge < -0.3 is 29.6 Å². The Balaban J connectivity index is 1.59. The van der Waals surface area contributed by atoms with Crippen LogP contribution in [0.2, 0.25) is 0 Å². The van der Waals surface area contributed by atoms with Gasteiger partial charge >= 0.3 is 0 Å². The Bertz CT molecular complexity index is 1200. The molecule has 2 aliphatic heterocycles. The summed E-state index contributed by atoms with van der Waals surface area (Å²) in [4.78, 5) is 13.7. The van der Waals surface area contributed by atoms with Crippen molar-refractivity contribution in [3.63, 3.8) is 0 Å². The molecule has 2 atom stereocenters. The number of anilines is 1. The lowest BCUT2D eigenvalue weighted by atomic mass is 10.0. The number of piperidine rings is 1. The van der Waals surface area contributed by atoms with Gasteiger partial charge in [0, 0.05) is 31.9 Å². The molecular weight excluding hydrogens is 522 g/mol. The SMILES string of the molecule is COc1cc([C@@H](Nc2ccc(S(=O)(=O)N3CCC(C)CC3)cc2)C(=O)NC[C@@H]2CCCO2)cc(OC)c1OC. The van der Waals surface area contributed by atoms with Crippen molar-refractivity contribution in [2.45, 2.75) is 49.6 Å². The van der Waals surface area contributed by atoms with Gasteiger partial charge in [0.05, 0.1) is 32.3 Å². The first-order valence-electron chi connectivity index (χ1n) is 13.3. The van der Waals surface area contributed by atoms with E-state index in [4.69, 9.17) is 18.9 Å². The molecule has 0 saturated carbocycles. The van der Waals surface area contributed by atoms with Crippen LogP contribution in [0.3, 0.4) is 0 Å². The predicted molar refractivity (Wildman–Crippen MR) is 148 cm³/mol. The molecule has 214 valence electrons. The number of hydrogen-bond acceptors (Lipinski definition) is 8. The van der Waals surface area contributed by atoms with Crippen LogP contribution in [0.4, 0.5) is 5.69 Å². The van der Waals surface area contributed by atoms with E-state index in [-0.39, 0.29) is 16.9 Å². The lowest BCUT2D eigenvalue weighted by Crippen LogP contribution is -2.38. The van der Waals surface area contributed by atoms with E-state index < -0.39 is 16.1 Å². The molecule has 0 bridgehead atoms. The standard InChI is InChI=1S/C28H39N3O7S/c1-19-11-13-31(14-12-19)39(33,34)23-9-7-21(8-10-23)30-26(28(32)29-18-22-6-5-15-38-22)20-16-24(35-2)27(37-4)25(17-20)36-3/h7-10,16-17,19,22,26,30H,5-6,11-15,18H2,1-4H3,(H,29,32)/t22-,26+/m0/s1. The number of ether oxygens (including phenoxy) is 4. The summed E-state index contributed by atoms with van der Waals surface area (Å²) in [6.45, 7) is 4.29. The molecule has 2 fully saturated rings. The van der Waals surface area contributed by atoms with Crippen LogP contribution in [0.1, 0.15) is 44.2 Å². The van der Waals surface area contributed by atoms with Crippen molar-refractivity contribution in [3.05, 3.63) is 42.0 Å². The number of hydrogen-bond donors (Lipinski definition) is 2. The minimum Gasteiger partial charge on any atom is -0.493 e. The first-order valence-corrected chi connectivity index (χ1v) is 14.8. The molecule has 10 nitrogen and oxygen atoms in total. The van der Waals surface area contributed by atoms with Gasteiger partial charge in [0.25, 0.3) is 0 Å². The van der Waals surface area contributed by atoms with E-state index in [1.54, 1.807) is 40.7 Å². The Morgan fingerprint density at radius 1 is 1.03 bits per heavy atom. The highest BCUT2D eigenvalue weighted by Crippen LogP contribution is 2.40. The number of carbonyl (C=O) groups is 1. The topological polar surface area (TPSA) is 115 Å². The number of rotatable bonds is 11. The number of carbonyl (C=O) groups excluding carboxylic acids is 1. The maximum Gasteiger partial charge on any atom is 0.247 e. The minimum absolute atomic E-state index is 0.0168. The van der Waals surface area contributed by atoms with Gasteiger partial charge in [-0.2, -0.15) is 4.31 Å². The first kappa shape index (κ1) is 29.0. The summed E-state index contributed by atoms with van der Waals surface area (Å²) in [5.41, 5.74) is 1.18. The first-order chi connectivity index (χ1) is 18.8. The molecule has 1 amide bonds. The van der Waals surface area contributed by atoms with Crippen molar-refractivity contribution in [2.24, 2.45) is 5.92 Å². The van der Waals surface area contributed by atoms with E-state index in [2.05, 4.69) is 17.6 Å². The summed E-state index contributed by atoms with van der Waals surface area (Å²) in [7, 11) is 0.975. The van der Waals surface area contributed by atoms with Crippen molar-refractivity contribution in [1.82, 2.24) is 9.62 Å². The van der Waals surface area contributed by atoms with Crippen LogP contribution in [0.15, 0.2) is 41.3 Å². The van der Waals surface area contributed by atoms with E-state index in [9.17, 15) is 13.2 Å². The second-order valence-electron chi connectivity index (χ2n) is 10.0. The Morgan fingerprint density at radius 2 is 1.67 bits per heavy atom. The second-order valence-corrected chi connectivity index (χ2v) is 12.0. The van der Waals surface area contributed by atoms with Gasteiger partial charge in [-0.05, 0) is 73.6 Å². The van der Waals surface area contributed by atoms with Crippen LogP contribution < -0.4 is 24.8 Å². The Hall–Kier alpha value is -3.02. The average Bonchev–Trinajstić information content (AvgIpc) is 3.48. The largest absolute Gasteiger partial charge is 0.493 e. The van der Waals surface area contributed by atoms with Crippen molar-refractivity contribution in [1.29, 1.82) is 0 Å². The smallest absolute Gasteiger partial charge is 0.247 e. The Kier molecular flexibility index (Phi) is 9.58. The van der Waals surface area contributed by atoms with Crippen LogP contribution in [0, 0.1) is 5.92 Å². The van der Waals surface area contributed by atoms with Crippen molar-refractivity contribution < 1.29 is 32.2 Å². The molecule has 2 aliphatic rings. The third kappa shape index (κ3) is 6.77. The summed E-state index contributed by atoms with van der Waals surface area (Å²) in [6, 6.07) is 9.13. The van der Waals surface area contributed by atoms with Gasteiger partial charge in [-0.25, -0.2) is 8.42 Å². The summed E-state index contributed by atoms with van der Waals surface area (Å²) in [6.07, 6.45) is 3.57. The van der Waals surface area contributed by atoms with Gasteiger partial charge in [0.1, 0.15) is 6.04 Å². The number of nitrogens with zero attached hydrogens (tertiary/aromatic N) is 1. The molecule has 2 aromatic carbocycles. The van der Waals surface area contributed by atoms with Crippen LogP contribution in [-0.4, -0.2) is 72.3 Å². The average molecular weight is 562 g/mol. The quantitative estimate of drug-likeness (QED) is 0.428. The maximum absolute atomic E-state index is 13.5. The normalized spacial score (nSPS) is 19.3. The van der Waals surface area contributed by atoms with E-state index >= 15 is 0 Å². The van der Waals surface area contributed by atoms with Crippen LogP contribution in [0.25, 0.3) is 0 Å². The van der Waals surface area contributed by atoms with E-state index in [0.29, 0.717) is 60.7 Å². The van der Waals surface area contributed by atoms with Crippen LogP contribution in [-0.2, 0) is 19.6 Å². The van der Waals surface area contributed by atoms with Gasteiger partial charge in [0.15, 0.2) is 11.5 Å². The number of amides is 1. The van der Waals surface area contributed by atoms with E-state index in [1.165, 1.54) is 21.3 Å². The molecule has 0 aromatic heterocycles. The highest BCUT2D eigenvalue weighted by Gasteiger charge is 2.29. The molecule has 0 unspecified atom stereocenters. The molecule has 2 saturated heterocycles. The van der Waals surface area contributed by atoms with Crippen molar-refractivity contribution in [2.75, 3.05) is 52.9 Å². The fourth-order valence-electron chi connectivity index (χ4n) is 4.95. The number of sulfonamides is 1. The number of methoxy groups -OCH3 is 3. The molecule has 2 aromatic rings. The van der Waals surface area contributed by atoms with Crippen LogP contribution in [0.5, 0.6) is 17.2 Å². The molecule has 11 heteroatoms. The Morgan fingerprint density at radius 3 is 2.21 bits per heavy atom. The van der Waals surface area contributed by atoms with Gasteiger partial charge in [-0.3, -0.25) is 4.79 Å². The maximum atomic E-state index is 13.5. The number of nitrogens with one attached hydrogen (secondary N) is 2. The molecule has 0 spiro atoms. The molecule has 4 rings (SSSR count). The van der Waals surface area contributed by atoms with Gasteiger partial charge in [0.2, 0.25) is 21.7 Å². The van der Waals surface area contributed by atoms with E-state index in [0.717, 1.165) is 25.7 Å². The fraction of sp³-hybridized carbons (Fsp3) is 0.536. The summed E-state index contributed by atoms with van der Waals surface area (Å²) >= 11 is 0. The summed E-state index contributed by atoms with van der Waals surface area (Å²) < 4.78 is 50.0. The van der Waals surface area contributed by atoms with E-state index in [1.807, 2.05) is 0 Å². The zero-order valence-corrected chi connectivity index (χ0v) is 23.9. The highest BCUT2D eigenvalue weighted by atomic mass is 32.2. The zero-order valence-electron chi connectivity index (χ0n) is 23.1. The third-order valence-corrected chi connectivity index (χ3v) is 9.27. The number of benzene rings is 2. The molecule has 39 heavy (non-hydrogen) atoms. The molecular formula is C28H39N3O7S. The van der Waals surface area contributed by atoms with Gasteiger partial charge in [-0.15, -0.1) is 0 Å². The third-order valence-electron chi connectivity index (χ3n) is 7.36. The Labute approximate surface area is 231 Å². The van der Waals surface area contributed by atoms with Crippen LogP contribution >= 0.6 is 0 Å². The lowest BCUT2D eigenvalue weighted by molar-refractivity contribution is -0.122. The fourth-order valence-corrected chi connectivity index (χ4v) is 6.42. The molecule has 0 aliphatic carbocycles. The molecule has 2 N–H and O–H groups in total. The monoisotopic (exact) mass is 561 g/mol. The minimum atomic E-state index is -3.58. The van der Waals surface area contributed by atoms with Crippen molar-refractivity contribution in [3.8, 4) is 17.2 Å². The molecule has 2 heterocycles. The predicted octanol–water partition coefficient (Wildman–Crippen LogP) is 3.58. The summed E-state index contributed by atoms with van der Waals surface area (Å²) in [5, 5.41) is 6.25. The summed E-state index contributed by atoms with van der Waals surface area (Å²) in [5.74, 6) is 1.52. The van der Waals surface area contributed by atoms with Gasteiger partial charge in [-0.1, -0.05) is 6.92 Å². The highest BCUT2D eigenvalue weighted by molar-refractivity contribution is 7.89. The zero-order chi connectivity index (χ0) is 28.0. The molecule has 0 radical (unpaired) electrons. The second kappa shape index (κ2) is 12.9.